The number of hydrogen-bond donors (Lipinski definition) is 1. The van der Waals surface area contributed by atoms with Gasteiger partial charge in [-0.3, -0.25) is 4.79 Å². The van der Waals surface area contributed by atoms with Crippen LogP contribution in [-0.2, 0) is 4.79 Å². The Kier molecular flexibility index (Phi) is 2.68. The molecule has 0 bridgehead atoms. The van der Waals surface area contributed by atoms with Crippen molar-refractivity contribution in [3.05, 3.63) is 12.2 Å². The summed E-state index contributed by atoms with van der Waals surface area (Å²) in [6.45, 7) is 7.52. The van der Waals surface area contributed by atoms with Gasteiger partial charge in [0, 0.05) is 11.8 Å². The van der Waals surface area contributed by atoms with Crippen LogP contribution in [0.3, 0.4) is 0 Å². The minimum Gasteiger partial charge on any atom is -0.385 e. The van der Waals surface area contributed by atoms with Crippen LogP contribution >= 0.6 is 0 Å². The van der Waals surface area contributed by atoms with Crippen molar-refractivity contribution in [1.29, 1.82) is 0 Å². The number of hydrogen-bond acceptors (Lipinski definition) is 2. The van der Waals surface area contributed by atoms with Crippen molar-refractivity contribution in [2.45, 2.75) is 32.8 Å². The lowest BCUT2D eigenvalue weighted by Crippen LogP contribution is -2.38. The van der Waals surface area contributed by atoms with Crippen LogP contribution in [0.15, 0.2) is 12.2 Å². The van der Waals surface area contributed by atoms with E-state index in [-0.39, 0.29) is 17.6 Å². The number of aliphatic hydroxyl groups excluding tert-OH is 1. The first-order valence-corrected chi connectivity index (χ1v) is 4.41. The maximum absolute atomic E-state index is 11.3. The maximum Gasteiger partial charge on any atom is 0.164 e. The molecule has 0 amide bonds. The van der Waals surface area contributed by atoms with Crippen LogP contribution in [0.1, 0.15) is 26.7 Å². The molecule has 2 heteroatoms. The summed E-state index contributed by atoms with van der Waals surface area (Å²) in [6.07, 6.45) is 0.975. The number of carbonyl (C=O) groups excluding carboxylic acids is 1. The third-order valence-electron chi connectivity index (χ3n) is 2.70. The summed E-state index contributed by atoms with van der Waals surface area (Å²) >= 11 is 0. The molecule has 0 heterocycles. The Labute approximate surface area is 73.3 Å². The molecule has 1 aliphatic rings. The molecule has 1 rings (SSSR count). The monoisotopic (exact) mass is 168 g/mol. The summed E-state index contributed by atoms with van der Waals surface area (Å²) in [6, 6.07) is 0. The van der Waals surface area contributed by atoms with Gasteiger partial charge in [-0.1, -0.05) is 19.1 Å². The zero-order valence-corrected chi connectivity index (χ0v) is 7.71. The average molecular weight is 168 g/mol. The van der Waals surface area contributed by atoms with Crippen molar-refractivity contribution >= 4 is 5.78 Å². The highest BCUT2D eigenvalue weighted by Crippen LogP contribution is 2.30. The second kappa shape index (κ2) is 3.40. The maximum atomic E-state index is 11.3. The second-order valence-corrected chi connectivity index (χ2v) is 3.78. The lowest BCUT2D eigenvalue weighted by Gasteiger charge is -2.30. The molecule has 1 N–H and O–H groups in total. The first-order valence-electron chi connectivity index (χ1n) is 4.41. The van der Waals surface area contributed by atoms with Crippen LogP contribution in [0.2, 0.25) is 0 Å². The minimum atomic E-state index is -0.800. The Morgan fingerprint density at radius 3 is 2.67 bits per heavy atom. The normalized spacial score (nSPS) is 36.6. The molecule has 0 aromatic rings. The molecule has 0 saturated heterocycles. The van der Waals surface area contributed by atoms with Crippen molar-refractivity contribution in [2.24, 2.45) is 11.8 Å². The van der Waals surface area contributed by atoms with Gasteiger partial charge in [0.1, 0.15) is 6.10 Å². The van der Waals surface area contributed by atoms with Crippen LogP contribution in [-0.4, -0.2) is 17.0 Å². The number of carbonyl (C=O) groups is 1. The Hall–Kier alpha value is -0.630. The van der Waals surface area contributed by atoms with Gasteiger partial charge in [-0.2, -0.15) is 0 Å². The third kappa shape index (κ3) is 1.58. The lowest BCUT2D eigenvalue weighted by molar-refractivity contribution is -0.135. The van der Waals surface area contributed by atoms with E-state index in [4.69, 9.17) is 0 Å². The predicted octanol–water partition coefficient (Wildman–Crippen LogP) is 1.54. The smallest absolute Gasteiger partial charge is 0.164 e. The molecule has 0 radical (unpaired) electrons. The van der Waals surface area contributed by atoms with Gasteiger partial charge < -0.3 is 5.11 Å². The van der Waals surface area contributed by atoms with Crippen molar-refractivity contribution in [2.75, 3.05) is 0 Å². The number of rotatable bonds is 1. The van der Waals surface area contributed by atoms with E-state index in [1.54, 1.807) is 0 Å². The first-order chi connectivity index (χ1) is 5.54. The molecular formula is C10H16O2. The van der Waals surface area contributed by atoms with E-state index in [0.717, 1.165) is 18.4 Å². The molecule has 12 heavy (non-hydrogen) atoms. The van der Waals surface area contributed by atoms with E-state index < -0.39 is 6.10 Å². The van der Waals surface area contributed by atoms with Gasteiger partial charge in [-0.25, -0.2) is 0 Å². The van der Waals surface area contributed by atoms with Gasteiger partial charge in [-0.15, -0.1) is 0 Å². The highest BCUT2D eigenvalue weighted by atomic mass is 16.3. The standard InChI is InChI=1S/C10H16O2/c1-6(2)8-5-4-7(3)9(11)10(8)12/h7-8,10,12H,1,4-5H2,2-3H3/t7?,8-,10?/m0/s1. The van der Waals surface area contributed by atoms with Crippen molar-refractivity contribution in [1.82, 2.24) is 0 Å². The van der Waals surface area contributed by atoms with Gasteiger partial charge in [-0.05, 0) is 19.8 Å². The van der Waals surface area contributed by atoms with Crippen molar-refractivity contribution in [3.63, 3.8) is 0 Å². The lowest BCUT2D eigenvalue weighted by atomic mass is 9.77. The highest BCUT2D eigenvalue weighted by Gasteiger charge is 2.34. The van der Waals surface area contributed by atoms with E-state index in [1.165, 1.54) is 0 Å². The molecule has 2 nitrogen and oxygen atoms in total. The number of aliphatic hydroxyl groups is 1. The van der Waals surface area contributed by atoms with Gasteiger partial charge in [0.25, 0.3) is 0 Å². The Morgan fingerprint density at radius 1 is 1.58 bits per heavy atom. The van der Waals surface area contributed by atoms with Gasteiger partial charge in [0.2, 0.25) is 0 Å². The molecule has 1 saturated carbocycles. The highest BCUT2D eigenvalue weighted by molar-refractivity contribution is 5.86. The predicted molar refractivity (Wildman–Crippen MR) is 47.7 cm³/mol. The fourth-order valence-corrected chi connectivity index (χ4v) is 1.74. The molecule has 1 fully saturated rings. The van der Waals surface area contributed by atoms with Crippen molar-refractivity contribution < 1.29 is 9.90 Å². The summed E-state index contributed by atoms with van der Waals surface area (Å²) < 4.78 is 0. The largest absolute Gasteiger partial charge is 0.385 e. The first kappa shape index (κ1) is 9.46. The van der Waals surface area contributed by atoms with Crippen LogP contribution in [0, 0.1) is 11.8 Å². The number of Topliss-reactive ketones (excluding diaryl/α,β-unsaturated/α-hetero) is 1. The third-order valence-corrected chi connectivity index (χ3v) is 2.70. The summed E-state index contributed by atoms with van der Waals surface area (Å²) in [5, 5.41) is 9.57. The van der Waals surface area contributed by atoms with Gasteiger partial charge >= 0.3 is 0 Å². The molecule has 68 valence electrons. The average Bonchev–Trinajstić information content (AvgIpc) is 2.00. The fraction of sp³-hybridized carbons (Fsp3) is 0.700. The van der Waals surface area contributed by atoms with E-state index in [1.807, 2.05) is 13.8 Å². The second-order valence-electron chi connectivity index (χ2n) is 3.78. The summed E-state index contributed by atoms with van der Waals surface area (Å²) in [5.41, 5.74) is 0.919. The molecule has 0 aromatic carbocycles. The topological polar surface area (TPSA) is 37.3 Å². The van der Waals surface area contributed by atoms with Gasteiger partial charge in [0.15, 0.2) is 5.78 Å². The Morgan fingerprint density at radius 2 is 2.17 bits per heavy atom. The molecule has 3 atom stereocenters. The summed E-state index contributed by atoms with van der Waals surface area (Å²) in [5.74, 6) is -0.00134. The molecular weight excluding hydrogens is 152 g/mol. The zero-order chi connectivity index (χ0) is 9.30. The molecule has 2 unspecified atom stereocenters. The SMILES string of the molecule is C=C(C)[C@@H]1CCC(C)C(=O)C1O. The number of ketones is 1. The quantitative estimate of drug-likeness (QED) is 0.603. The fourth-order valence-electron chi connectivity index (χ4n) is 1.74. The van der Waals surface area contributed by atoms with E-state index in [0.29, 0.717) is 0 Å². The van der Waals surface area contributed by atoms with E-state index >= 15 is 0 Å². The molecule has 1 aliphatic carbocycles. The summed E-state index contributed by atoms with van der Waals surface area (Å²) in [4.78, 5) is 11.3. The zero-order valence-electron chi connectivity index (χ0n) is 7.71. The van der Waals surface area contributed by atoms with Crippen LogP contribution in [0.5, 0.6) is 0 Å². The van der Waals surface area contributed by atoms with Crippen LogP contribution in [0.25, 0.3) is 0 Å². The van der Waals surface area contributed by atoms with Gasteiger partial charge in [0.05, 0.1) is 0 Å². The van der Waals surface area contributed by atoms with Crippen molar-refractivity contribution in [3.8, 4) is 0 Å². The molecule has 0 spiro atoms. The van der Waals surface area contributed by atoms with Crippen LogP contribution in [0.4, 0.5) is 0 Å². The van der Waals surface area contributed by atoms with E-state index in [2.05, 4.69) is 6.58 Å². The Bertz CT molecular complexity index is 208. The summed E-state index contributed by atoms with van der Waals surface area (Å²) in [7, 11) is 0. The van der Waals surface area contributed by atoms with Crippen LogP contribution < -0.4 is 0 Å². The molecule has 0 aliphatic heterocycles. The minimum absolute atomic E-state index is 0.00583. The van der Waals surface area contributed by atoms with E-state index in [9.17, 15) is 9.90 Å². The molecule has 0 aromatic heterocycles. The Balaban J connectivity index is 2.71.